The Labute approximate surface area is 178 Å². The highest BCUT2D eigenvalue weighted by Gasteiger charge is 2.18. The first-order valence-electron chi connectivity index (χ1n) is 9.94. The van der Waals surface area contributed by atoms with E-state index in [9.17, 15) is 9.90 Å². The number of benzene rings is 3. The Bertz CT molecular complexity index is 1330. The minimum atomic E-state index is -0.427. The predicted octanol–water partition coefficient (Wildman–Crippen LogP) is 3.81. The van der Waals surface area contributed by atoms with Crippen molar-refractivity contribution in [2.24, 2.45) is 5.10 Å². The van der Waals surface area contributed by atoms with E-state index in [0.717, 1.165) is 23.8 Å². The van der Waals surface area contributed by atoms with Crippen molar-refractivity contribution >= 4 is 22.9 Å². The Morgan fingerprint density at radius 3 is 2.81 bits per heavy atom. The molecule has 1 aliphatic rings. The number of ether oxygens (including phenoxy) is 1. The molecule has 0 saturated heterocycles. The second-order valence-electron chi connectivity index (χ2n) is 7.38. The third-order valence-electron chi connectivity index (χ3n) is 5.60. The summed E-state index contributed by atoms with van der Waals surface area (Å²) in [7, 11) is 1.47. The van der Waals surface area contributed by atoms with E-state index < -0.39 is 5.91 Å². The monoisotopic (exact) mass is 412 g/mol. The van der Waals surface area contributed by atoms with Crippen LogP contribution in [-0.2, 0) is 12.8 Å². The number of aromatic amines is 1. The van der Waals surface area contributed by atoms with Gasteiger partial charge in [-0.1, -0.05) is 36.4 Å². The molecule has 0 atom stereocenters. The van der Waals surface area contributed by atoms with E-state index in [1.807, 2.05) is 0 Å². The number of hydrogen-bond donors (Lipinski definition) is 3. The van der Waals surface area contributed by atoms with Crippen LogP contribution >= 0.6 is 0 Å². The predicted molar refractivity (Wildman–Crippen MR) is 119 cm³/mol. The lowest BCUT2D eigenvalue weighted by molar-refractivity contribution is 0.0950. The molecule has 7 heteroatoms. The first kappa shape index (κ1) is 18.9. The average Bonchev–Trinajstić information content (AvgIpc) is 3.44. The number of aromatic nitrogens is 2. The number of phenols is 1. The Kier molecular flexibility index (Phi) is 4.63. The number of amides is 1. The number of carbonyl (C=O) groups excluding carboxylic acids is 1. The van der Waals surface area contributed by atoms with Gasteiger partial charge in [-0.25, -0.2) is 5.43 Å². The summed E-state index contributed by atoms with van der Waals surface area (Å²) < 4.78 is 5.06. The molecule has 0 radical (unpaired) electrons. The van der Waals surface area contributed by atoms with E-state index >= 15 is 0 Å². The molecule has 7 nitrogen and oxygen atoms in total. The maximum Gasteiger partial charge on any atom is 0.289 e. The minimum absolute atomic E-state index is 0.0427. The summed E-state index contributed by atoms with van der Waals surface area (Å²) in [4.78, 5) is 12.5. The van der Waals surface area contributed by atoms with E-state index in [1.54, 1.807) is 24.3 Å². The van der Waals surface area contributed by atoms with E-state index in [1.165, 1.54) is 29.8 Å². The van der Waals surface area contributed by atoms with Gasteiger partial charge in [-0.15, -0.1) is 0 Å². The normalized spacial score (nSPS) is 12.5. The second-order valence-corrected chi connectivity index (χ2v) is 7.38. The van der Waals surface area contributed by atoms with Crippen molar-refractivity contribution in [1.29, 1.82) is 0 Å². The van der Waals surface area contributed by atoms with Gasteiger partial charge in [0.05, 0.1) is 19.0 Å². The highest BCUT2D eigenvalue weighted by atomic mass is 16.5. The van der Waals surface area contributed by atoms with Crippen LogP contribution in [0.1, 0.15) is 27.2 Å². The van der Waals surface area contributed by atoms with Gasteiger partial charge >= 0.3 is 0 Å². The summed E-state index contributed by atoms with van der Waals surface area (Å²) >= 11 is 0. The third-order valence-corrected chi connectivity index (χ3v) is 5.60. The van der Waals surface area contributed by atoms with Crippen LogP contribution in [0.5, 0.6) is 11.5 Å². The number of hydrazone groups is 1. The number of nitrogens with zero attached hydrogens (tertiary/aromatic N) is 2. The van der Waals surface area contributed by atoms with Crippen LogP contribution in [0.15, 0.2) is 59.7 Å². The van der Waals surface area contributed by atoms with Crippen molar-refractivity contribution in [3.05, 3.63) is 77.0 Å². The highest BCUT2D eigenvalue weighted by Crippen LogP contribution is 2.36. The van der Waals surface area contributed by atoms with Crippen molar-refractivity contribution in [2.45, 2.75) is 12.8 Å². The van der Waals surface area contributed by atoms with Crippen LogP contribution in [0.2, 0.25) is 0 Å². The molecule has 0 spiro atoms. The number of rotatable bonds is 5. The van der Waals surface area contributed by atoms with Gasteiger partial charge in [0, 0.05) is 11.1 Å². The average molecular weight is 412 g/mol. The lowest BCUT2D eigenvalue weighted by Crippen LogP contribution is -2.18. The molecule has 1 aliphatic carbocycles. The summed E-state index contributed by atoms with van der Waals surface area (Å²) in [5.41, 5.74) is 7.59. The Morgan fingerprint density at radius 2 is 1.97 bits per heavy atom. The molecule has 154 valence electrons. The molecule has 0 fully saturated rings. The summed E-state index contributed by atoms with van der Waals surface area (Å²) in [5, 5.41) is 23.6. The maximum absolute atomic E-state index is 12.5. The lowest BCUT2D eigenvalue weighted by atomic mass is 9.98. The zero-order valence-electron chi connectivity index (χ0n) is 16.8. The van der Waals surface area contributed by atoms with E-state index in [-0.39, 0.29) is 5.75 Å². The molecule has 0 aliphatic heterocycles. The minimum Gasteiger partial charge on any atom is -0.504 e. The molecule has 1 amide bonds. The smallest absolute Gasteiger partial charge is 0.289 e. The van der Waals surface area contributed by atoms with E-state index in [0.29, 0.717) is 22.7 Å². The number of para-hydroxylation sites is 1. The molecule has 0 unspecified atom stereocenters. The van der Waals surface area contributed by atoms with Crippen molar-refractivity contribution in [3.8, 4) is 22.8 Å². The summed E-state index contributed by atoms with van der Waals surface area (Å²) in [6.45, 7) is 0. The second kappa shape index (κ2) is 7.60. The number of methoxy groups -OCH3 is 1. The lowest BCUT2D eigenvalue weighted by Gasteiger charge is -2.06. The van der Waals surface area contributed by atoms with Gasteiger partial charge in [-0.3, -0.25) is 9.89 Å². The van der Waals surface area contributed by atoms with Crippen LogP contribution < -0.4 is 10.2 Å². The quantitative estimate of drug-likeness (QED) is 0.343. The molecule has 4 aromatic rings. The first-order chi connectivity index (χ1) is 15.2. The van der Waals surface area contributed by atoms with Crippen molar-refractivity contribution in [3.63, 3.8) is 0 Å². The first-order valence-corrected chi connectivity index (χ1v) is 9.94. The van der Waals surface area contributed by atoms with Gasteiger partial charge in [0.1, 0.15) is 5.69 Å². The number of H-pyrrole nitrogens is 1. The van der Waals surface area contributed by atoms with E-state index in [4.69, 9.17) is 4.74 Å². The zero-order valence-corrected chi connectivity index (χ0v) is 16.8. The maximum atomic E-state index is 12.5. The van der Waals surface area contributed by atoms with Gasteiger partial charge in [0.2, 0.25) is 0 Å². The third kappa shape index (κ3) is 3.30. The number of carbonyl (C=O) groups is 1. The largest absolute Gasteiger partial charge is 0.504 e. The molecule has 1 aromatic heterocycles. The fourth-order valence-electron chi connectivity index (χ4n) is 4.08. The van der Waals surface area contributed by atoms with Gasteiger partial charge in [0.15, 0.2) is 11.5 Å². The molecular weight excluding hydrogens is 392 g/mol. The molecule has 0 bridgehead atoms. The fourth-order valence-corrected chi connectivity index (χ4v) is 4.08. The highest BCUT2D eigenvalue weighted by molar-refractivity contribution is 6.02. The zero-order chi connectivity index (χ0) is 21.4. The molecule has 3 aromatic carbocycles. The van der Waals surface area contributed by atoms with Crippen LogP contribution in [-0.4, -0.2) is 34.5 Å². The topological polar surface area (TPSA) is 99.6 Å². The SMILES string of the molecule is COc1cccc(C=NNC(=O)c2cc(-c3ccc4c5c(cccc35)CC4)n[nH]2)c1O. The number of phenolic OH excluding ortho intramolecular Hbond substituents is 1. The molecule has 3 N–H and O–H groups in total. The van der Waals surface area contributed by atoms with Crippen molar-refractivity contribution in [1.82, 2.24) is 15.6 Å². The molecular formula is C24H20N4O3. The number of nitrogens with one attached hydrogen (secondary N) is 2. The standard InChI is InChI=1S/C24H20N4O3/c1-31-21-7-3-5-16(23(21)29)13-25-28-24(30)20-12-19(26-27-20)17-11-10-15-9-8-14-4-2-6-18(17)22(14)15/h2-7,10-13,29H,8-9H2,1H3,(H,26,27)(H,28,30). The summed E-state index contributed by atoms with van der Waals surface area (Å²) in [6, 6.07) is 17.3. The molecule has 5 rings (SSSR count). The number of aromatic hydroxyl groups is 1. The fraction of sp³-hybridized carbons (Fsp3) is 0.125. The Balaban J connectivity index is 1.37. The van der Waals surface area contributed by atoms with E-state index in [2.05, 4.69) is 51.1 Å². The van der Waals surface area contributed by atoms with Crippen LogP contribution in [0.3, 0.4) is 0 Å². The Morgan fingerprint density at radius 1 is 1.16 bits per heavy atom. The number of hydrogen-bond acceptors (Lipinski definition) is 5. The molecule has 31 heavy (non-hydrogen) atoms. The van der Waals surface area contributed by atoms with Crippen LogP contribution in [0, 0.1) is 0 Å². The van der Waals surface area contributed by atoms with Gasteiger partial charge in [0.25, 0.3) is 5.91 Å². The molecule has 1 heterocycles. The van der Waals surface area contributed by atoms with Gasteiger partial charge in [-0.05, 0) is 52.9 Å². The van der Waals surface area contributed by atoms with Gasteiger partial charge in [-0.2, -0.15) is 10.2 Å². The van der Waals surface area contributed by atoms with Gasteiger partial charge < -0.3 is 9.84 Å². The van der Waals surface area contributed by atoms with Crippen LogP contribution in [0.25, 0.3) is 22.0 Å². The van der Waals surface area contributed by atoms with Crippen molar-refractivity contribution < 1.29 is 14.6 Å². The summed E-state index contributed by atoms with van der Waals surface area (Å²) in [5.74, 6) is -0.138. The number of aryl methyl sites for hydroxylation is 2. The summed E-state index contributed by atoms with van der Waals surface area (Å²) in [6.07, 6.45) is 3.48. The van der Waals surface area contributed by atoms with Crippen molar-refractivity contribution in [2.75, 3.05) is 7.11 Å². The van der Waals surface area contributed by atoms with Crippen LogP contribution in [0.4, 0.5) is 0 Å². The Hall–Kier alpha value is -4.13. The molecule has 0 saturated carbocycles.